The molecule has 0 fully saturated rings. The topological polar surface area (TPSA) is 128 Å². The van der Waals surface area contributed by atoms with Gasteiger partial charge >= 0.3 is 5.97 Å². The van der Waals surface area contributed by atoms with E-state index in [2.05, 4.69) is 15.4 Å². The Morgan fingerprint density at radius 2 is 1.70 bits per heavy atom. The molecule has 0 aliphatic carbocycles. The van der Waals surface area contributed by atoms with Crippen LogP contribution in [0.5, 0.6) is 0 Å². The molecule has 9 heteroatoms. The lowest BCUT2D eigenvalue weighted by atomic mass is 10.2. The van der Waals surface area contributed by atoms with Gasteiger partial charge in [0.2, 0.25) is 10.0 Å². The average Bonchev–Trinajstić information content (AvgIpc) is 2.66. The molecule has 0 unspecified atom stereocenters. The van der Waals surface area contributed by atoms with E-state index in [-0.39, 0.29) is 17.1 Å². The van der Waals surface area contributed by atoms with E-state index >= 15 is 0 Å². The van der Waals surface area contributed by atoms with Crippen LogP contribution in [-0.4, -0.2) is 27.4 Å². The zero-order valence-electron chi connectivity index (χ0n) is 14.5. The van der Waals surface area contributed by atoms with Crippen LogP contribution in [0.4, 0.5) is 5.69 Å². The Hall–Kier alpha value is -3.17. The summed E-state index contributed by atoms with van der Waals surface area (Å²) in [6.45, 7) is 0.268. The van der Waals surface area contributed by atoms with Crippen molar-refractivity contribution in [2.24, 2.45) is 5.14 Å². The minimum Gasteiger partial charge on any atom is -0.466 e. The first-order valence-corrected chi connectivity index (χ1v) is 9.36. The second-order valence-corrected chi connectivity index (χ2v) is 7.01. The molecule has 2 aromatic carbocycles. The Balaban J connectivity index is 2.15. The van der Waals surface area contributed by atoms with Crippen LogP contribution in [0.1, 0.15) is 5.56 Å². The highest BCUT2D eigenvalue weighted by atomic mass is 32.2. The van der Waals surface area contributed by atoms with Gasteiger partial charge in [-0.2, -0.15) is 0 Å². The molecule has 1 amide bonds. The molecule has 0 aliphatic heterocycles. The molecule has 2 rings (SSSR count). The number of esters is 1. The van der Waals surface area contributed by atoms with Crippen LogP contribution in [0.15, 0.2) is 71.3 Å². The highest BCUT2D eigenvalue weighted by Crippen LogP contribution is 2.15. The molecular formula is C18H19N3O5S. The van der Waals surface area contributed by atoms with E-state index in [0.717, 1.165) is 11.6 Å². The Morgan fingerprint density at radius 3 is 2.26 bits per heavy atom. The highest BCUT2D eigenvalue weighted by Gasteiger charge is 2.13. The second-order valence-electron chi connectivity index (χ2n) is 5.44. The largest absolute Gasteiger partial charge is 0.466 e. The molecule has 4 N–H and O–H groups in total. The van der Waals surface area contributed by atoms with E-state index in [1.807, 2.05) is 30.3 Å². The number of amides is 1. The molecule has 0 radical (unpaired) electrons. The summed E-state index contributed by atoms with van der Waals surface area (Å²) in [4.78, 5) is 23.9. The molecule has 0 spiro atoms. The van der Waals surface area contributed by atoms with E-state index in [0.29, 0.717) is 5.69 Å². The molecule has 2 aromatic rings. The quantitative estimate of drug-likeness (QED) is 0.481. The SMILES string of the molecule is COC(=O)/C=C(/Nc1ccc(S(N)(=O)=O)cc1)C(=O)NCc1ccccc1. The summed E-state index contributed by atoms with van der Waals surface area (Å²) < 4.78 is 27.2. The van der Waals surface area contributed by atoms with Crippen molar-refractivity contribution in [2.45, 2.75) is 11.4 Å². The molecule has 0 bridgehead atoms. The van der Waals surface area contributed by atoms with E-state index in [4.69, 9.17) is 5.14 Å². The molecule has 0 aromatic heterocycles. The fourth-order valence-corrected chi connectivity index (χ4v) is 2.61. The maximum Gasteiger partial charge on any atom is 0.332 e. The zero-order valence-corrected chi connectivity index (χ0v) is 15.3. The number of hydrogen-bond donors (Lipinski definition) is 3. The van der Waals surface area contributed by atoms with Gasteiger partial charge in [0, 0.05) is 12.2 Å². The fraction of sp³-hybridized carbons (Fsp3) is 0.111. The van der Waals surface area contributed by atoms with Crippen molar-refractivity contribution in [3.63, 3.8) is 0 Å². The number of hydrogen-bond acceptors (Lipinski definition) is 6. The highest BCUT2D eigenvalue weighted by molar-refractivity contribution is 7.89. The molecule has 142 valence electrons. The number of methoxy groups -OCH3 is 1. The molecule has 8 nitrogen and oxygen atoms in total. The lowest BCUT2D eigenvalue weighted by Crippen LogP contribution is -2.28. The number of primary sulfonamides is 1. The third kappa shape index (κ3) is 6.24. The number of anilines is 1. The first-order chi connectivity index (χ1) is 12.8. The van der Waals surface area contributed by atoms with Crippen LogP contribution in [0.3, 0.4) is 0 Å². The fourth-order valence-electron chi connectivity index (χ4n) is 2.09. The number of ether oxygens (including phenoxy) is 1. The van der Waals surface area contributed by atoms with Crippen molar-refractivity contribution >= 4 is 27.6 Å². The molecule has 0 aliphatic rings. The summed E-state index contributed by atoms with van der Waals surface area (Å²) in [7, 11) is -2.63. The van der Waals surface area contributed by atoms with E-state index in [9.17, 15) is 18.0 Å². The maximum atomic E-state index is 12.4. The summed E-state index contributed by atoms with van der Waals surface area (Å²) in [5, 5.41) is 10.5. The normalized spacial score (nSPS) is 11.6. The lowest BCUT2D eigenvalue weighted by molar-refractivity contribution is -0.135. The van der Waals surface area contributed by atoms with Crippen molar-refractivity contribution in [1.29, 1.82) is 0 Å². The van der Waals surface area contributed by atoms with Gasteiger partial charge in [-0.25, -0.2) is 18.4 Å². The van der Waals surface area contributed by atoms with Crippen molar-refractivity contribution in [3.05, 3.63) is 71.9 Å². The Labute approximate surface area is 157 Å². The maximum absolute atomic E-state index is 12.4. The van der Waals surface area contributed by atoms with Gasteiger partial charge in [0.15, 0.2) is 0 Å². The van der Waals surface area contributed by atoms with Crippen LogP contribution < -0.4 is 15.8 Å². The number of carbonyl (C=O) groups excluding carboxylic acids is 2. The van der Waals surface area contributed by atoms with Gasteiger partial charge in [-0.1, -0.05) is 30.3 Å². The third-order valence-corrected chi connectivity index (χ3v) is 4.39. The van der Waals surface area contributed by atoms with Crippen molar-refractivity contribution in [3.8, 4) is 0 Å². The molecular weight excluding hydrogens is 370 g/mol. The smallest absolute Gasteiger partial charge is 0.332 e. The van der Waals surface area contributed by atoms with E-state index in [1.165, 1.54) is 31.4 Å². The van der Waals surface area contributed by atoms with Crippen molar-refractivity contribution < 1.29 is 22.7 Å². The van der Waals surface area contributed by atoms with E-state index < -0.39 is 21.9 Å². The van der Waals surface area contributed by atoms with Gasteiger partial charge in [0.05, 0.1) is 18.1 Å². The molecule has 0 atom stereocenters. The minimum absolute atomic E-state index is 0.0545. The zero-order chi connectivity index (χ0) is 19.9. The Bertz CT molecular complexity index is 939. The summed E-state index contributed by atoms with van der Waals surface area (Å²) >= 11 is 0. The summed E-state index contributed by atoms with van der Waals surface area (Å²) in [5.41, 5.74) is 1.23. The molecule has 0 saturated carbocycles. The lowest BCUT2D eigenvalue weighted by Gasteiger charge is -2.12. The standard InChI is InChI=1S/C18H19N3O5S/c1-26-17(22)11-16(18(23)20-12-13-5-3-2-4-6-13)21-14-7-9-15(10-8-14)27(19,24)25/h2-11,21H,12H2,1H3,(H,20,23)(H2,19,24,25)/b16-11+. The van der Waals surface area contributed by atoms with Crippen molar-refractivity contribution in [2.75, 3.05) is 12.4 Å². The van der Waals surface area contributed by atoms with Crippen LogP contribution in [0, 0.1) is 0 Å². The van der Waals surface area contributed by atoms with Gasteiger partial charge < -0.3 is 15.4 Å². The number of rotatable bonds is 7. The van der Waals surface area contributed by atoms with Gasteiger partial charge in [0.1, 0.15) is 5.70 Å². The summed E-state index contributed by atoms with van der Waals surface area (Å²) in [5.74, 6) is -1.24. The predicted octanol–water partition coefficient (Wildman–Crippen LogP) is 1.12. The minimum atomic E-state index is -3.82. The second kappa shape index (κ2) is 8.97. The number of carbonyl (C=O) groups is 2. The van der Waals surface area contributed by atoms with Crippen molar-refractivity contribution in [1.82, 2.24) is 5.32 Å². The van der Waals surface area contributed by atoms with Gasteiger partial charge in [0.25, 0.3) is 5.91 Å². The third-order valence-electron chi connectivity index (χ3n) is 3.47. The Morgan fingerprint density at radius 1 is 1.07 bits per heavy atom. The monoisotopic (exact) mass is 389 g/mol. The number of sulfonamides is 1. The van der Waals surface area contributed by atoms with Crippen LogP contribution in [0.25, 0.3) is 0 Å². The summed E-state index contributed by atoms with van der Waals surface area (Å²) in [6, 6.07) is 14.7. The van der Waals surface area contributed by atoms with Crippen LogP contribution in [0.2, 0.25) is 0 Å². The van der Waals surface area contributed by atoms with Gasteiger partial charge in [-0.3, -0.25) is 4.79 Å². The molecule has 27 heavy (non-hydrogen) atoms. The summed E-state index contributed by atoms with van der Waals surface area (Å²) in [6.07, 6.45) is 1.01. The van der Waals surface area contributed by atoms with Gasteiger partial charge in [-0.05, 0) is 29.8 Å². The molecule has 0 heterocycles. The Kier molecular flexibility index (Phi) is 6.69. The molecule has 0 saturated heterocycles. The number of benzene rings is 2. The predicted molar refractivity (Wildman–Crippen MR) is 99.8 cm³/mol. The van der Waals surface area contributed by atoms with Crippen LogP contribution in [-0.2, 0) is 30.9 Å². The number of nitrogens with one attached hydrogen (secondary N) is 2. The number of nitrogens with two attached hydrogens (primary N) is 1. The first-order valence-electron chi connectivity index (χ1n) is 7.81. The van der Waals surface area contributed by atoms with Gasteiger partial charge in [-0.15, -0.1) is 0 Å². The average molecular weight is 389 g/mol. The first kappa shape index (κ1) is 20.1. The van der Waals surface area contributed by atoms with Crippen LogP contribution >= 0.6 is 0 Å². The van der Waals surface area contributed by atoms with E-state index in [1.54, 1.807) is 0 Å².